The molecule has 5 nitrogen and oxygen atoms in total. The summed E-state index contributed by atoms with van der Waals surface area (Å²) < 4.78 is 0. The van der Waals surface area contributed by atoms with Crippen LogP contribution in [-0.2, 0) is 12.0 Å². The Morgan fingerprint density at radius 1 is 1.32 bits per heavy atom. The zero-order chi connectivity index (χ0) is 13.9. The Bertz CT molecular complexity index is 555. The van der Waals surface area contributed by atoms with Crippen LogP contribution in [0.4, 0.5) is 0 Å². The average Bonchev–Trinajstić information content (AvgIpc) is 2.88. The molecule has 0 saturated carbocycles. The fraction of sp³-hybridized carbons (Fsp3) is 0.357. The third-order valence-corrected chi connectivity index (χ3v) is 2.86. The Hall–Kier alpha value is -2.17. The highest BCUT2D eigenvalue weighted by molar-refractivity contribution is 5.95. The van der Waals surface area contributed by atoms with Gasteiger partial charge in [0.25, 0.3) is 5.91 Å². The topological polar surface area (TPSA) is 70.7 Å². The molecule has 0 atom stereocenters. The van der Waals surface area contributed by atoms with E-state index in [4.69, 9.17) is 0 Å². The SMILES string of the molecule is CC(C)(C)c1ccccc1C(=O)NCc1ncn[nH]1. The number of benzene rings is 1. The van der Waals surface area contributed by atoms with Crippen molar-refractivity contribution in [3.8, 4) is 0 Å². The smallest absolute Gasteiger partial charge is 0.251 e. The number of amides is 1. The standard InChI is InChI=1S/C14H18N4O/c1-14(2,3)11-7-5-4-6-10(11)13(19)15-8-12-16-9-17-18-12/h4-7,9H,8H2,1-3H3,(H,15,19)(H,16,17,18). The molecule has 0 saturated heterocycles. The lowest BCUT2D eigenvalue weighted by Gasteiger charge is -2.22. The van der Waals surface area contributed by atoms with E-state index in [-0.39, 0.29) is 11.3 Å². The van der Waals surface area contributed by atoms with Crippen LogP contribution in [0.3, 0.4) is 0 Å². The zero-order valence-electron chi connectivity index (χ0n) is 11.4. The van der Waals surface area contributed by atoms with E-state index in [1.165, 1.54) is 6.33 Å². The van der Waals surface area contributed by atoms with E-state index in [0.29, 0.717) is 17.9 Å². The summed E-state index contributed by atoms with van der Waals surface area (Å²) in [6, 6.07) is 7.66. The van der Waals surface area contributed by atoms with Crippen molar-refractivity contribution in [2.24, 2.45) is 0 Å². The van der Waals surface area contributed by atoms with Gasteiger partial charge >= 0.3 is 0 Å². The normalized spacial score (nSPS) is 11.3. The fourth-order valence-electron chi connectivity index (χ4n) is 1.91. The second-order valence-electron chi connectivity index (χ2n) is 5.41. The third-order valence-electron chi connectivity index (χ3n) is 2.86. The maximum absolute atomic E-state index is 12.2. The molecule has 2 rings (SSSR count). The summed E-state index contributed by atoms with van der Waals surface area (Å²) in [5.74, 6) is 0.545. The van der Waals surface area contributed by atoms with Crippen molar-refractivity contribution in [2.75, 3.05) is 0 Å². The van der Waals surface area contributed by atoms with E-state index in [1.54, 1.807) is 0 Å². The summed E-state index contributed by atoms with van der Waals surface area (Å²) >= 11 is 0. The number of hydrogen-bond acceptors (Lipinski definition) is 3. The van der Waals surface area contributed by atoms with Crippen LogP contribution in [0.25, 0.3) is 0 Å². The minimum absolute atomic E-state index is 0.0693. The van der Waals surface area contributed by atoms with E-state index in [9.17, 15) is 4.79 Å². The van der Waals surface area contributed by atoms with E-state index >= 15 is 0 Å². The molecule has 0 radical (unpaired) electrons. The van der Waals surface area contributed by atoms with Crippen molar-refractivity contribution in [1.82, 2.24) is 20.5 Å². The molecule has 1 aromatic carbocycles. The molecule has 0 aliphatic carbocycles. The summed E-state index contributed by atoms with van der Waals surface area (Å²) in [5, 5.41) is 9.30. The molecular formula is C14H18N4O. The van der Waals surface area contributed by atoms with Gasteiger partial charge in [-0.1, -0.05) is 39.0 Å². The molecule has 1 heterocycles. The van der Waals surface area contributed by atoms with Crippen LogP contribution in [0.1, 0.15) is 42.5 Å². The number of aromatic nitrogens is 3. The Morgan fingerprint density at radius 3 is 2.68 bits per heavy atom. The molecule has 0 bridgehead atoms. The molecule has 2 aromatic rings. The van der Waals surface area contributed by atoms with Gasteiger partial charge in [0.15, 0.2) is 0 Å². The minimum Gasteiger partial charge on any atom is -0.345 e. The van der Waals surface area contributed by atoms with Gasteiger partial charge in [0.05, 0.1) is 6.54 Å². The Balaban J connectivity index is 2.15. The number of rotatable bonds is 3. The number of hydrogen-bond donors (Lipinski definition) is 2. The molecular weight excluding hydrogens is 240 g/mol. The van der Waals surface area contributed by atoms with Crippen LogP contribution in [-0.4, -0.2) is 21.1 Å². The van der Waals surface area contributed by atoms with Crippen molar-refractivity contribution in [3.63, 3.8) is 0 Å². The number of nitrogens with one attached hydrogen (secondary N) is 2. The lowest BCUT2D eigenvalue weighted by atomic mass is 9.83. The average molecular weight is 258 g/mol. The van der Waals surface area contributed by atoms with Crippen LogP contribution >= 0.6 is 0 Å². The summed E-state index contributed by atoms with van der Waals surface area (Å²) in [6.07, 6.45) is 1.42. The quantitative estimate of drug-likeness (QED) is 0.885. The van der Waals surface area contributed by atoms with Gasteiger partial charge in [-0.2, -0.15) is 5.10 Å². The highest BCUT2D eigenvalue weighted by Crippen LogP contribution is 2.25. The monoisotopic (exact) mass is 258 g/mol. The predicted molar refractivity (Wildman–Crippen MR) is 72.7 cm³/mol. The van der Waals surface area contributed by atoms with E-state index in [0.717, 1.165) is 5.56 Å². The van der Waals surface area contributed by atoms with Crippen molar-refractivity contribution in [2.45, 2.75) is 32.7 Å². The molecule has 0 spiro atoms. The zero-order valence-corrected chi connectivity index (χ0v) is 11.4. The minimum atomic E-state index is -0.0954. The molecule has 0 unspecified atom stereocenters. The van der Waals surface area contributed by atoms with Crippen molar-refractivity contribution in [3.05, 3.63) is 47.5 Å². The second-order valence-corrected chi connectivity index (χ2v) is 5.41. The van der Waals surface area contributed by atoms with Crippen LogP contribution in [0.2, 0.25) is 0 Å². The summed E-state index contributed by atoms with van der Waals surface area (Å²) in [7, 11) is 0. The molecule has 1 aromatic heterocycles. The number of carbonyl (C=O) groups is 1. The van der Waals surface area contributed by atoms with E-state index < -0.39 is 0 Å². The number of nitrogens with zero attached hydrogens (tertiary/aromatic N) is 2. The lowest BCUT2D eigenvalue weighted by Crippen LogP contribution is -2.27. The third kappa shape index (κ3) is 3.19. The van der Waals surface area contributed by atoms with Gasteiger partial charge < -0.3 is 5.32 Å². The van der Waals surface area contributed by atoms with Crippen LogP contribution in [0.15, 0.2) is 30.6 Å². The van der Waals surface area contributed by atoms with Crippen molar-refractivity contribution in [1.29, 1.82) is 0 Å². The molecule has 5 heteroatoms. The first kappa shape index (κ1) is 13.3. The maximum Gasteiger partial charge on any atom is 0.251 e. The van der Waals surface area contributed by atoms with Crippen LogP contribution in [0, 0.1) is 0 Å². The molecule has 0 aliphatic heterocycles. The molecule has 100 valence electrons. The molecule has 0 fully saturated rings. The first-order chi connectivity index (χ1) is 8.98. The van der Waals surface area contributed by atoms with Crippen molar-refractivity contribution < 1.29 is 4.79 Å². The fourth-order valence-corrected chi connectivity index (χ4v) is 1.91. The number of H-pyrrole nitrogens is 1. The molecule has 2 N–H and O–H groups in total. The van der Waals surface area contributed by atoms with Crippen molar-refractivity contribution >= 4 is 5.91 Å². The van der Waals surface area contributed by atoms with Gasteiger partial charge in [-0.15, -0.1) is 0 Å². The Labute approximate surface area is 112 Å². The maximum atomic E-state index is 12.2. The molecule has 0 aliphatic rings. The van der Waals surface area contributed by atoms with E-state index in [2.05, 4.69) is 41.3 Å². The highest BCUT2D eigenvalue weighted by Gasteiger charge is 2.20. The van der Waals surface area contributed by atoms with Gasteiger partial charge in [-0.25, -0.2) is 4.98 Å². The lowest BCUT2D eigenvalue weighted by molar-refractivity contribution is 0.0947. The van der Waals surface area contributed by atoms with Crippen LogP contribution < -0.4 is 5.32 Å². The van der Waals surface area contributed by atoms with Gasteiger partial charge in [0, 0.05) is 5.56 Å². The number of carbonyl (C=O) groups excluding carboxylic acids is 1. The van der Waals surface area contributed by atoms with E-state index in [1.807, 2.05) is 24.3 Å². The van der Waals surface area contributed by atoms with Gasteiger partial charge in [0.2, 0.25) is 0 Å². The first-order valence-corrected chi connectivity index (χ1v) is 6.20. The van der Waals surface area contributed by atoms with Crippen LogP contribution in [0.5, 0.6) is 0 Å². The first-order valence-electron chi connectivity index (χ1n) is 6.20. The van der Waals surface area contributed by atoms with Gasteiger partial charge in [-0.3, -0.25) is 9.89 Å². The molecule has 1 amide bonds. The summed E-state index contributed by atoms with van der Waals surface area (Å²) in [4.78, 5) is 16.2. The van der Waals surface area contributed by atoms with Gasteiger partial charge in [-0.05, 0) is 17.0 Å². The summed E-state index contributed by atoms with van der Waals surface area (Å²) in [5.41, 5.74) is 1.67. The summed E-state index contributed by atoms with van der Waals surface area (Å²) in [6.45, 7) is 6.62. The Morgan fingerprint density at radius 2 is 2.05 bits per heavy atom. The predicted octanol–water partition coefficient (Wildman–Crippen LogP) is 2.03. The number of aromatic amines is 1. The molecule has 19 heavy (non-hydrogen) atoms. The largest absolute Gasteiger partial charge is 0.345 e. The second kappa shape index (κ2) is 5.22. The van der Waals surface area contributed by atoms with Gasteiger partial charge in [0.1, 0.15) is 12.2 Å². The highest BCUT2D eigenvalue weighted by atomic mass is 16.1. The Kier molecular flexibility index (Phi) is 3.64.